The third kappa shape index (κ3) is 4.16. The summed E-state index contributed by atoms with van der Waals surface area (Å²) in [6, 6.07) is 12.8. The van der Waals surface area contributed by atoms with Gasteiger partial charge < -0.3 is 14.8 Å². The number of benzene rings is 2. The summed E-state index contributed by atoms with van der Waals surface area (Å²) < 4.78 is 38.4. The highest BCUT2D eigenvalue weighted by Crippen LogP contribution is 2.43. The van der Waals surface area contributed by atoms with E-state index in [0.29, 0.717) is 17.9 Å². The minimum atomic E-state index is -3.57. The van der Waals surface area contributed by atoms with E-state index in [2.05, 4.69) is 19.2 Å². The fourth-order valence-electron chi connectivity index (χ4n) is 4.51. The Hall–Kier alpha value is -2.74. The fraction of sp³-hybridized carbons (Fsp3) is 0.458. The first-order valence-electron chi connectivity index (χ1n) is 11.0. The second kappa shape index (κ2) is 8.31. The molecule has 0 saturated heterocycles. The number of hydrogen-bond acceptors (Lipinski definition) is 5. The van der Waals surface area contributed by atoms with E-state index in [4.69, 9.17) is 9.47 Å². The van der Waals surface area contributed by atoms with Crippen molar-refractivity contribution in [1.82, 2.24) is 5.32 Å². The van der Waals surface area contributed by atoms with E-state index >= 15 is 0 Å². The molecule has 32 heavy (non-hydrogen) atoms. The molecule has 2 heterocycles. The zero-order valence-corrected chi connectivity index (χ0v) is 19.7. The zero-order chi connectivity index (χ0) is 23.1. The Morgan fingerprint density at radius 3 is 2.56 bits per heavy atom. The minimum Gasteiger partial charge on any atom is -0.487 e. The molecule has 0 saturated carbocycles. The predicted octanol–water partition coefficient (Wildman–Crippen LogP) is 3.72. The first-order chi connectivity index (χ1) is 15.2. The average molecular weight is 459 g/mol. The van der Waals surface area contributed by atoms with Crippen LogP contribution in [0.25, 0.3) is 0 Å². The Bertz CT molecular complexity index is 1130. The molecule has 1 N–H and O–H groups in total. The van der Waals surface area contributed by atoms with Crippen molar-refractivity contribution in [2.75, 3.05) is 17.1 Å². The Labute approximate surface area is 189 Å². The van der Waals surface area contributed by atoms with Crippen LogP contribution < -0.4 is 19.1 Å². The number of carbonyl (C=O) groups is 1. The van der Waals surface area contributed by atoms with Crippen molar-refractivity contribution in [1.29, 1.82) is 0 Å². The number of rotatable bonds is 5. The van der Waals surface area contributed by atoms with E-state index in [9.17, 15) is 13.2 Å². The quantitative estimate of drug-likeness (QED) is 0.738. The van der Waals surface area contributed by atoms with Crippen LogP contribution in [0.15, 0.2) is 42.5 Å². The molecule has 2 aromatic carbocycles. The summed E-state index contributed by atoms with van der Waals surface area (Å²) in [5, 5.41) is 3.12. The van der Waals surface area contributed by atoms with E-state index in [0.717, 1.165) is 36.0 Å². The number of amides is 1. The normalized spacial score (nSPS) is 21.6. The van der Waals surface area contributed by atoms with Crippen molar-refractivity contribution in [3.8, 4) is 11.5 Å². The lowest BCUT2D eigenvalue weighted by molar-refractivity contribution is -0.129. The number of hydrogen-bond donors (Lipinski definition) is 1. The molecule has 0 fully saturated rings. The summed E-state index contributed by atoms with van der Waals surface area (Å²) in [5.74, 6) is 0.829. The number of carbonyl (C=O) groups excluding carboxylic acids is 1. The van der Waals surface area contributed by atoms with Crippen molar-refractivity contribution in [3.63, 3.8) is 0 Å². The van der Waals surface area contributed by atoms with Crippen LogP contribution in [0.1, 0.15) is 50.3 Å². The highest BCUT2D eigenvalue weighted by Gasteiger charge is 2.41. The molecule has 0 aliphatic carbocycles. The average Bonchev–Trinajstić information content (AvgIpc) is 2.77. The molecule has 2 unspecified atom stereocenters. The summed E-state index contributed by atoms with van der Waals surface area (Å²) >= 11 is 0. The molecule has 0 bridgehead atoms. The van der Waals surface area contributed by atoms with Crippen LogP contribution in [0.2, 0.25) is 0 Å². The van der Waals surface area contributed by atoms with Crippen molar-refractivity contribution in [3.05, 3.63) is 53.6 Å². The topological polar surface area (TPSA) is 84.9 Å². The van der Waals surface area contributed by atoms with E-state index in [1.54, 1.807) is 12.1 Å². The molecule has 8 heteroatoms. The number of ether oxygens (including phenoxy) is 2. The molecule has 2 atom stereocenters. The van der Waals surface area contributed by atoms with E-state index in [1.807, 2.05) is 37.3 Å². The summed E-state index contributed by atoms with van der Waals surface area (Å²) in [5.41, 5.74) is 1.94. The SMILES string of the molecule is CCC1(CC)CC(NC(=O)C2CN(S(C)(=O)=O)c3ccc(C)cc3O2)c2ccccc2O1. The van der Waals surface area contributed by atoms with E-state index in [-0.39, 0.29) is 24.1 Å². The number of sulfonamides is 1. The van der Waals surface area contributed by atoms with Gasteiger partial charge in [-0.1, -0.05) is 38.1 Å². The Morgan fingerprint density at radius 1 is 1.16 bits per heavy atom. The van der Waals surface area contributed by atoms with Gasteiger partial charge in [0.05, 0.1) is 24.5 Å². The van der Waals surface area contributed by atoms with Gasteiger partial charge in [0, 0.05) is 12.0 Å². The number of nitrogens with one attached hydrogen (secondary N) is 1. The second-order valence-electron chi connectivity index (χ2n) is 8.67. The molecule has 0 radical (unpaired) electrons. The van der Waals surface area contributed by atoms with E-state index < -0.39 is 16.1 Å². The molecule has 7 nitrogen and oxygen atoms in total. The van der Waals surface area contributed by atoms with Gasteiger partial charge in [-0.3, -0.25) is 9.10 Å². The lowest BCUT2D eigenvalue weighted by atomic mass is 9.83. The van der Waals surface area contributed by atoms with Crippen molar-refractivity contribution >= 4 is 21.6 Å². The molecule has 172 valence electrons. The minimum absolute atomic E-state index is 0.0711. The van der Waals surface area contributed by atoms with Gasteiger partial charge >= 0.3 is 0 Å². The highest BCUT2D eigenvalue weighted by atomic mass is 32.2. The van der Waals surface area contributed by atoms with Gasteiger partial charge in [-0.15, -0.1) is 0 Å². The molecular formula is C24H30N2O5S. The molecule has 2 aliphatic rings. The first-order valence-corrected chi connectivity index (χ1v) is 12.8. The second-order valence-corrected chi connectivity index (χ2v) is 10.6. The third-order valence-electron chi connectivity index (χ3n) is 6.48. The fourth-order valence-corrected chi connectivity index (χ4v) is 5.42. The molecule has 1 amide bonds. The molecule has 4 rings (SSSR count). The molecule has 2 aliphatic heterocycles. The standard InChI is InChI=1S/C24H30N2O5S/c1-5-24(6-2)14-18(17-9-7-8-10-20(17)31-24)25-23(27)22-15-26(32(4,28)29)19-12-11-16(3)13-21(19)30-22/h7-13,18,22H,5-6,14-15H2,1-4H3,(H,25,27). The molecule has 2 aromatic rings. The van der Waals surface area contributed by atoms with Crippen LogP contribution in [0.4, 0.5) is 5.69 Å². The van der Waals surface area contributed by atoms with Crippen LogP contribution in [0, 0.1) is 6.92 Å². The van der Waals surface area contributed by atoms with Crippen LogP contribution >= 0.6 is 0 Å². The molecule has 0 aromatic heterocycles. The molecule has 0 spiro atoms. The van der Waals surface area contributed by atoms with Crippen molar-refractivity contribution in [2.24, 2.45) is 0 Å². The van der Waals surface area contributed by atoms with Crippen molar-refractivity contribution in [2.45, 2.75) is 57.8 Å². The number of aryl methyl sites for hydroxylation is 1. The van der Waals surface area contributed by atoms with Gasteiger partial charge in [0.15, 0.2) is 6.10 Å². The van der Waals surface area contributed by atoms with Gasteiger partial charge in [-0.05, 0) is 43.5 Å². The van der Waals surface area contributed by atoms with Crippen LogP contribution in [0.3, 0.4) is 0 Å². The third-order valence-corrected chi connectivity index (χ3v) is 7.63. The van der Waals surface area contributed by atoms with Crippen LogP contribution in [-0.2, 0) is 14.8 Å². The Balaban J connectivity index is 1.62. The monoisotopic (exact) mass is 458 g/mol. The number of para-hydroxylation sites is 1. The largest absolute Gasteiger partial charge is 0.487 e. The van der Waals surface area contributed by atoms with Gasteiger partial charge in [-0.25, -0.2) is 8.42 Å². The van der Waals surface area contributed by atoms with Gasteiger partial charge in [0.1, 0.15) is 17.1 Å². The summed E-state index contributed by atoms with van der Waals surface area (Å²) in [6.07, 6.45) is 2.47. The Morgan fingerprint density at radius 2 is 1.88 bits per heavy atom. The number of nitrogens with zero attached hydrogens (tertiary/aromatic N) is 1. The maximum atomic E-state index is 13.3. The predicted molar refractivity (Wildman–Crippen MR) is 124 cm³/mol. The summed E-state index contributed by atoms with van der Waals surface area (Å²) in [4.78, 5) is 13.3. The number of anilines is 1. The van der Waals surface area contributed by atoms with Crippen LogP contribution in [-0.4, -0.2) is 38.8 Å². The van der Waals surface area contributed by atoms with Gasteiger partial charge in [0.2, 0.25) is 10.0 Å². The van der Waals surface area contributed by atoms with Gasteiger partial charge in [0.25, 0.3) is 5.91 Å². The smallest absolute Gasteiger partial charge is 0.263 e. The lowest BCUT2D eigenvalue weighted by Crippen LogP contribution is -2.52. The van der Waals surface area contributed by atoms with Crippen LogP contribution in [0.5, 0.6) is 11.5 Å². The summed E-state index contributed by atoms with van der Waals surface area (Å²) in [6.45, 7) is 6.00. The van der Waals surface area contributed by atoms with Crippen molar-refractivity contribution < 1.29 is 22.7 Å². The highest BCUT2D eigenvalue weighted by molar-refractivity contribution is 7.92. The zero-order valence-electron chi connectivity index (χ0n) is 18.9. The number of fused-ring (bicyclic) bond motifs is 2. The molecular weight excluding hydrogens is 428 g/mol. The van der Waals surface area contributed by atoms with Gasteiger partial charge in [-0.2, -0.15) is 0 Å². The Kier molecular flexibility index (Phi) is 5.83. The first kappa shape index (κ1) is 22.5. The maximum absolute atomic E-state index is 13.3. The summed E-state index contributed by atoms with van der Waals surface area (Å²) in [7, 11) is -3.57. The maximum Gasteiger partial charge on any atom is 0.263 e. The van der Waals surface area contributed by atoms with E-state index in [1.165, 1.54) is 4.31 Å². The lowest BCUT2D eigenvalue weighted by Gasteiger charge is -2.42.